The summed E-state index contributed by atoms with van der Waals surface area (Å²) >= 11 is 6.73. The molecule has 4 N–H and O–H groups in total. The van der Waals surface area contributed by atoms with Crippen LogP contribution in [-0.4, -0.2) is 30.7 Å². The van der Waals surface area contributed by atoms with E-state index >= 15 is 0 Å². The Kier molecular flexibility index (Phi) is 7.31. The molecule has 0 saturated heterocycles. The Morgan fingerprint density at radius 2 is 1.83 bits per heavy atom. The average molecular weight is 523 g/mol. The molecule has 0 bridgehead atoms. The fourth-order valence-electron chi connectivity index (χ4n) is 3.88. The zero-order valence-electron chi connectivity index (χ0n) is 20.0. The number of alkyl halides is 1. The van der Waals surface area contributed by atoms with Crippen LogP contribution in [0.5, 0.6) is 0 Å². The number of nitrogens with one attached hydrogen (secondary N) is 1. The van der Waals surface area contributed by atoms with Crippen LogP contribution in [0.4, 0.5) is 10.1 Å². The number of hydrazone groups is 1. The number of aromatic nitrogens is 2. The van der Waals surface area contributed by atoms with Crippen LogP contribution < -0.4 is 5.84 Å². The van der Waals surface area contributed by atoms with Gasteiger partial charge in [0, 0.05) is 34.2 Å². The van der Waals surface area contributed by atoms with Crippen molar-refractivity contribution in [3.63, 3.8) is 0 Å². The molecule has 36 heavy (non-hydrogen) atoms. The second kappa shape index (κ2) is 10.3. The lowest BCUT2D eigenvalue weighted by molar-refractivity contribution is -0.449. The Bertz CT molecular complexity index is 1460. The van der Waals surface area contributed by atoms with Crippen molar-refractivity contribution in [3.8, 4) is 16.8 Å². The van der Waals surface area contributed by atoms with Crippen LogP contribution >= 0.6 is 23.6 Å². The maximum atomic E-state index is 14.7. The average Bonchev–Trinajstić information content (AvgIpc) is 3.27. The number of hydrogen-bond donors (Lipinski definition) is 3. The van der Waals surface area contributed by atoms with Crippen molar-refractivity contribution in [2.24, 2.45) is 5.84 Å². The number of nitrogens with two attached hydrogens (primary N) is 1. The number of imidazole rings is 1. The van der Waals surface area contributed by atoms with Crippen LogP contribution in [0, 0.1) is 12.3 Å². The molecule has 1 aromatic heterocycles. The molecule has 0 saturated carbocycles. The van der Waals surface area contributed by atoms with Gasteiger partial charge in [-0.05, 0) is 74.4 Å². The maximum Gasteiger partial charge on any atom is 0.260 e. The lowest BCUT2D eigenvalue weighted by atomic mass is 10.0. The summed E-state index contributed by atoms with van der Waals surface area (Å²) in [7, 11) is 0. The SMILES string of the molecule is Cc1nc(C(C)(C)F)cn1-c1ccc(-c2cccc(SO)c2)cc1[N+](N)=C(C=N)c1ccc(Cl)cc1. The molecule has 0 fully saturated rings. The van der Waals surface area contributed by atoms with Gasteiger partial charge in [0.05, 0.1) is 17.5 Å². The Balaban J connectivity index is 1.98. The van der Waals surface area contributed by atoms with Crippen molar-refractivity contribution in [1.82, 2.24) is 9.55 Å². The van der Waals surface area contributed by atoms with Crippen LogP contribution in [0.15, 0.2) is 77.8 Å². The molecule has 3 aromatic carbocycles. The summed E-state index contributed by atoms with van der Waals surface area (Å²) < 4.78 is 27.4. The molecule has 0 radical (unpaired) electrons. The monoisotopic (exact) mass is 522 g/mol. The summed E-state index contributed by atoms with van der Waals surface area (Å²) in [6.07, 6.45) is 2.84. The highest BCUT2D eigenvalue weighted by Crippen LogP contribution is 2.33. The van der Waals surface area contributed by atoms with E-state index in [1.807, 2.05) is 42.5 Å². The number of hydrazine groups is 1. The van der Waals surface area contributed by atoms with Gasteiger partial charge < -0.3 is 9.96 Å². The topological polar surface area (TPSA) is 90.9 Å². The Morgan fingerprint density at radius 3 is 2.44 bits per heavy atom. The molecule has 4 rings (SSSR count). The first kappa shape index (κ1) is 25.6. The summed E-state index contributed by atoms with van der Waals surface area (Å²) in [5, 5.41) is 8.66. The summed E-state index contributed by atoms with van der Waals surface area (Å²) in [5.41, 5.74) is 2.81. The van der Waals surface area contributed by atoms with Gasteiger partial charge in [-0.25, -0.2) is 15.2 Å². The van der Waals surface area contributed by atoms with Crippen LogP contribution in [-0.2, 0) is 5.67 Å². The first-order valence-electron chi connectivity index (χ1n) is 11.1. The molecule has 0 amide bonds. The van der Waals surface area contributed by atoms with Crippen molar-refractivity contribution < 1.29 is 13.6 Å². The largest absolute Gasteiger partial charge is 0.325 e. The smallest absolute Gasteiger partial charge is 0.260 e. The van der Waals surface area contributed by atoms with E-state index in [1.54, 1.807) is 42.0 Å². The van der Waals surface area contributed by atoms with Gasteiger partial charge in [0.2, 0.25) is 0 Å². The predicted molar refractivity (Wildman–Crippen MR) is 145 cm³/mol. The molecule has 9 heteroatoms. The number of halogens is 2. The normalized spacial score (nSPS) is 12.4. The van der Waals surface area contributed by atoms with Gasteiger partial charge >= 0.3 is 0 Å². The minimum Gasteiger partial charge on any atom is -0.325 e. The van der Waals surface area contributed by atoms with E-state index in [4.69, 9.17) is 22.9 Å². The van der Waals surface area contributed by atoms with E-state index < -0.39 is 5.67 Å². The van der Waals surface area contributed by atoms with Gasteiger partial charge in [-0.15, -0.1) is 0 Å². The zero-order valence-corrected chi connectivity index (χ0v) is 21.6. The van der Waals surface area contributed by atoms with Crippen molar-refractivity contribution in [2.45, 2.75) is 31.3 Å². The molecule has 0 aliphatic heterocycles. The predicted octanol–water partition coefficient (Wildman–Crippen LogP) is 6.93. The van der Waals surface area contributed by atoms with Crippen molar-refractivity contribution >= 4 is 41.3 Å². The van der Waals surface area contributed by atoms with Crippen LogP contribution in [0.25, 0.3) is 16.8 Å². The highest BCUT2D eigenvalue weighted by Gasteiger charge is 2.27. The Labute approximate surface area is 218 Å². The van der Waals surface area contributed by atoms with Crippen LogP contribution in [0.3, 0.4) is 0 Å². The van der Waals surface area contributed by atoms with Gasteiger partial charge in [0.1, 0.15) is 17.2 Å². The van der Waals surface area contributed by atoms with Crippen molar-refractivity contribution in [1.29, 1.82) is 5.41 Å². The second-order valence-electron chi connectivity index (χ2n) is 8.74. The standard InChI is InChI=1S/C27H25ClFN5OS/c1-17-32-26(27(2,3)29)16-33(17)23-12-9-20(19-5-4-6-22(13-19)36-35)14-24(23)34(31)25(15-30)18-7-10-21(28)11-8-18/h4-16,30H,31H2,1-3H3/p+1. The molecule has 0 atom stereocenters. The van der Waals surface area contributed by atoms with E-state index in [0.717, 1.165) is 11.1 Å². The minimum absolute atomic E-state index is 0.306. The van der Waals surface area contributed by atoms with E-state index in [1.165, 1.54) is 24.7 Å². The van der Waals surface area contributed by atoms with Crippen molar-refractivity contribution in [3.05, 3.63) is 95.0 Å². The van der Waals surface area contributed by atoms with E-state index in [9.17, 15) is 8.94 Å². The lowest BCUT2D eigenvalue weighted by Gasteiger charge is -2.12. The van der Waals surface area contributed by atoms with Crippen LogP contribution in [0.1, 0.15) is 30.9 Å². The van der Waals surface area contributed by atoms with Crippen LogP contribution in [0.2, 0.25) is 5.02 Å². The van der Waals surface area contributed by atoms with Gasteiger partial charge in [0.25, 0.3) is 11.4 Å². The summed E-state index contributed by atoms with van der Waals surface area (Å²) in [6.45, 7) is 4.73. The summed E-state index contributed by atoms with van der Waals surface area (Å²) in [6, 6.07) is 20.3. The van der Waals surface area contributed by atoms with Gasteiger partial charge in [-0.1, -0.05) is 34.5 Å². The number of aryl methyl sites for hydroxylation is 1. The minimum atomic E-state index is -1.61. The van der Waals surface area contributed by atoms with Gasteiger partial charge in [0.15, 0.2) is 0 Å². The molecule has 0 unspecified atom stereocenters. The summed E-state index contributed by atoms with van der Waals surface area (Å²) in [4.78, 5) is 5.13. The summed E-state index contributed by atoms with van der Waals surface area (Å²) in [5.74, 6) is 7.26. The molecule has 0 spiro atoms. The number of nitrogens with zero attached hydrogens (tertiary/aromatic N) is 3. The number of benzene rings is 3. The number of hydrogen-bond acceptors (Lipinski definition) is 5. The van der Waals surface area contributed by atoms with Gasteiger partial charge in [-0.3, -0.25) is 4.57 Å². The zero-order chi connectivity index (χ0) is 26.0. The third-order valence-electron chi connectivity index (χ3n) is 5.79. The second-order valence-corrected chi connectivity index (χ2v) is 9.84. The molecule has 0 aliphatic carbocycles. The van der Waals surface area contributed by atoms with E-state index in [2.05, 4.69) is 4.98 Å². The molecule has 184 valence electrons. The fraction of sp³-hybridized carbons (Fsp3) is 0.148. The molecule has 4 aromatic rings. The molecule has 6 nitrogen and oxygen atoms in total. The van der Waals surface area contributed by atoms with E-state index in [0.29, 0.717) is 56.1 Å². The molecular formula is C27H26ClFN5OS+. The highest BCUT2D eigenvalue weighted by atomic mass is 35.5. The third-order valence-corrected chi connectivity index (χ3v) is 6.51. The lowest BCUT2D eigenvalue weighted by Crippen LogP contribution is -2.26. The first-order valence-corrected chi connectivity index (χ1v) is 12.3. The van der Waals surface area contributed by atoms with Gasteiger partial charge in [-0.2, -0.15) is 0 Å². The number of rotatable bonds is 7. The third kappa shape index (κ3) is 5.21. The fourth-order valence-corrected chi connectivity index (χ4v) is 4.32. The molecular weight excluding hydrogens is 497 g/mol. The Hall–Kier alpha value is -3.46. The Morgan fingerprint density at radius 1 is 1.14 bits per heavy atom. The quantitative estimate of drug-likeness (QED) is 0.0806. The van der Waals surface area contributed by atoms with E-state index in [-0.39, 0.29) is 0 Å². The first-order chi connectivity index (χ1) is 17.1. The maximum absolute atomic E-state index is 14.7. The molecule has 1 heterocycles. The highest BCUT2D eigenvalue weighted by molar-refractivity contribution is 7.93. The van der Waals surface area contributed by atoms with Crippen molar-refractivity contribution in [2.75, 3.05) is 0 Å². The molecule has 0 aliphatic rings.